The quantitative estimate of drug-likeness (QED) is 0.778. The van der Waals surface area contributed by atoms with Crippen LogP contribution in [0.15, 0.2) is 30.3 Å². The number of hydrogen-bond donors (Lipinski definition) is 2. The predicted octanol–water partition coefficient (Wildman–Crippen LogP) is 2.14. The van der Waals surface area contributed by atoms with E-state index in [1.807, 2.05) is 30.3 Å². The molecule has 5 nitrogen and oxygen atoms in total. The maximum absolute atomic E-state index is 11.4. The van der Waals surface area contributed by atoms with Crippen LogP contribution in [-0.4, -0.2) is 33.4 Å². The molecule has 1 unspecified atom stereocenters. The molecule has 8 heteroatoms. The number of carboxylic acids is 1. The Hall–Kier alpha value is -1.01. The monoisotopic (exact) mass is 339 g/mol. The number of nitrogens with one attached hydrogen (secondary N) is 1. The van der Waals surface area contributed by atoms with E-state index in [4.69, 9.17) is 44.6 Å². The second-order valence-corrected chi connectivity index (χ2v) is 6.14. The van der Waals surface area contributed by atoms with Crippen molar-refractivity contribution in [3.8, 4) is 0 Å². The lowest BCUT2D eigenvalue weighted by Gasteiger charge is -2.17. The fourth-order valence-electron chi connectivity index (χ4n) is 1.28. The standard InChI is InChI=1S/C12H12Cl3NO4/c13-12(14,15)11(19)16-9(10(17)18)7-20-6-8-4-2-1-3-5-8/h1-5,9H,6-7H2,(H,16,19)(H,17,18). The van der Waals surface area contributed by atoms with Crippen molar-refractivity contribution < 1.29 is 19.4 Å². The maximum Gasteiger partial charge on any atom is 0.328 e. The number of carbonyl (C=O) groups is 2. The molecule has 1 amide bonds. The Morgan fingerprint density at radius 2 is 1.85 bits per heavy atom. The maximum atomic E-state index is 11.4. The van der Waals surface area contributed by atoms with Crippen molar-refractivity contribution in [2.45, 2.75) is 16.4 Å². The van der Waals surface area contributed by atoms with Crippen molar-refractivity contribution in [2.24, 2.45) is 0 Å². The molecule has 0 radical (unpaired) electrons. The van der Waals surface area contributed by atoms with Crippen LogP contribution in [0, 0.1) is 0 Å². The third-order valence-corrected chi connectivity index (χ3v) is 2.77. The summed E-state index contributed by atoms with van der Waals surface area (Å²) in [6.07, 6.45) is 0. The molecule has 110 valence electrons. The first-order valence-corrected chi connectivity index (χ1v) is 6.66. The average molecular weight is 341 g/mol. The van der Waals surface area contributed by atoms with Crippen molar-refractivity contribution in [3.05, 3.63) is 35.9 Å². The minimum absolute atomic E-state index is 0.217. The van der Waals surface area contributed by atoms with Gasteiger partial charge in [-0.2, -0.15) is 0 Å². The number of carbonyl (C=O) groups excluding carboxylic acids is 1. The lowest BCUT2D eigenvalue weighted by Crippen LogP contribution is -2.48. The van der Waals surface area contributed by atoms with E-state index >= 15 is 0 Å². The Kier molecular flexibility index (Phi) is 6.55. The summed E-state index contributed by atoms with van der Waals surface area (Å²) in [7, 11) is 0. The van der Waals surface area contributed by atoms with Gasteiger partial charge in [-0.3, -0.25) is 4.79 Å². The van der Waals surface area contributed by atoms with Gasteiger partial charge in [-0.25, -0.2) is 4.79 Å². The molecule has 20 heavy (non-hydrogen) atoms. The van der Waals surface area contributed by atoms with E-state index in [0.29, 0.717) is 0 Å². The first kappa shape index (κ1) is 17.0. The number of amides is 1. The van der Waals surface area contributed by atoms with Gasteiger partial charge in [0.15, 0.2) is 6.04 Å². The summed E-state index contributed by atoms with van der Waals surface area (Å²) in [5.41, 5.74) is 0.879. The van der Waals surface area contributed by atoms with Crippen molar-refractivity contribution in [1.82, 2.24) is 5.32 Å². The second-order valence-electron chi connectivity index (χ2n) is 3.86. The SMILES string of the molecule is O=C(O)C(COCc1ccccc1)NC(=O)C(Cl)(Cl)Cl. The van der Waals surface area contributed by atoms with Crippen molar-refractivity contribution in [3.63, 3.8) is 0 Å². The largest absolute Gasteiger partial charge is 0.480 e. The topological polar surface area (TPSA) is 75.6 Å². The highest BCUT2D eigenvalue weighted by Crippen LogP contribution is 2.25. The molecule has 0 aromatic heterocycles. The average Bonchev–Trinajstić information content (AvgIpc) is 2.37. The van der Waals surface area contributed by atoms with Crippen molar-refractivity contribution >= 4 is 46.7 Å². The van der Waals surface area contributed by atoms with Gasteiger partial charge in [-0.05, 0) is 5.56 Å². The van der Waals surface area contributed by atoms with Crippen LogP contribution in [0.25, 0.3) is 0 Å². The van der Waals surface area contributed by atoms with Crippen molar-refractivity contribution in [1.29, 1.82) is 0 Å². The summed E-state index contributed by atoms with van der Waals surface area (Å²) in [5, 5.41) is 11.0. The zero-order valence-corrected chi connectivity index (χ0v) is 12.5. The molecular weight excluding hydrogens is 328 g/mol. The normalized spacial score (nSPS) is 12.8. The summed E-state index contributed by atoms with van der Waals surface area (Å²) in [5.74, 6) is -2.29. The van der Waals surface area contributed by atoms with Crippen LogP contribution in [0.4, 0.5) is 0 Å². The number of alkyl halides is 3. The first-order chi connectivity index (χ1) is 9.30. The number of halogens is 3. The second kappa shape index (κ2) is 7.69. The van der Waals surface area contributed by atoms with Gasteiger partial charge in [0.1, 0.15) is 0 Å². The fraction of sp³-hybridized carbons (Fsp3) is 0.333. The molecule has 0 spiro atoms. The third kappa shape index (κ3) is 5.96. The molecule has 0 fully saturated rings. The van der Waals surface area contributed by atoms with Gasteiger partial charge in [-0.1, -0.05) is 65.1 Å². The highest BCUT2D eigenvalue weighted by atomic mass is 35.6. The van der Waals surface area contributed by atoms with Gasteiger partial charge in [-0.15, -0.1) is 0 Å². The van der Waals surface area contributed by atoms with Crippen LogP contribution in [0.3, 0.4) is 0 Å². The van der Waals surface area contributed by atoms with Gasteiger partial charge < -0.3 is 15.2 Å². The number of aliphatic carboxylic acids is 1. The van der Waals surface area contributed by atoms with E-state index in [0.717, 1.165) is 5.56 Å². The molecule has 0 saturated heterocycles. The van der Waals surface area contributed by atoms with E-state index in [2.05, 4.69) is 5.32 Å². The molecular formula is C12H12Cl3NO4. The van der Waals surface area contributed by atoms with Gasteiger partial charge in [0.2, 0.25) is 0 Å². The van der Waals surface area contributed by atoms with E-state index in [1.165, 1.54) is 0 Å². The van der Waals surface area contributed by atoms with Crippen LogP contribution >= 0.6 is 34.8 Å². The van der Waals surface area contributed by atoms with Crippen LogP contribution < -0.4 is 5.32 Å². The Labute approximate surface area is 130 Å². The number of hydrogen-bond acceptors (Lipinski definition) is 3. The number of carboxylic acid groups (broad SMARTS) is 1. The lowest BCUT2D eigenvalue weighted by molar-refractivity contribution is -0.143. The summed E-state index contributed by atoms with van der Waals surface area (Å²) in [6.45, 7) is -0.0228. The lowest BCUT2D eigenvalue weighted by atomic mass is 10.2. The number of ether oxygens (including phenoxy) is 1. The molecule has 2 N–H and O–H groups in total. The summed E-state index contributed by atoms with van der Waals surface area (Å²) >= 11 is 16.0. The van der Waals surface area contributed by atoms with Crippen LogP contribution in [0.1, 0.15) is 5.56 Å². The van der Waals surface area contributed by atoms with E-state index in [-0.39, 0.29) is 13.2 Å². The Bertz CT molecular complexity index is 462. The van der Waals surface area contributed by atoms with Gasteiger partial charge >= 0.3 is 5.97 Å². The molecule has 0 saturated carbocycles. The number of benzene rings is 1. The minimum Gasteiger partial charge on any atom is -0.480 e. The molecule has 0 aliphatic rings. The molecule has 0 aliphatic carbocycles. The van der Waals surface area contributed by atoms with Gasteiger partial charge in [0.05, 0.1) is 13.2 Å². The highest BCUT2D eigenvalue weighted by Gasteiger charge is 2.34. The van der Waals surface area contributed by atoms with E-state index < -0.39 is 21.7 Å². The van der Waals surface area contributed by atoms with E-state index in [9.17, 15) is 9.59 Å². The molecule has 1 aromatic rings. The minimum atomic E-state index is -2.22. The Morgan fingerprint density at radius 1 is 1.25 bits per heavy atom. The molecule has 1 rings (SSSR count). The smallest absolute Gasteiger partial charge is 0.328 e. The summed E-state index contributed by atoms with van der Waals surface area (Å²) in [4.78, 5) is 22.4. The van der Waals surface area contributed by atoms with Crippen LogP contribution in [0.5, 0.6) is 0 Å². The highest BCUT2D eigenvalue weighted by molar-refractivity contribution is 6.76. The summed E-state index contributed by atoms with van der Waals surface area (Å²) < 4.78 is 3.02. The molecule has 1 aromatic carbocycles. The summed E-state index contributed by atoms with van der Waals surface area (Å²) in [6, 6.07) is 7.88. The predicted molar refractivity (Wildman–Crippen MR) is 76.0 cm³/mol. The Morgan fingerprint density at radius 3 is 2.35 bits per heavy atom. The van der Waals surface area contributed by atoms with Crippen LogP contribution in [0.2, 0.25) is 0 Å². The fourth-order valence-corrected chi connectivity index (χ4v) is 1.45. The molecule has 1 atom stereocenters. The van der Waals surface area contributed by atoms with E-state index in [1.54, 1.807) is 0 Å². The van der Waals surface area contributed by atoms with Crippen LogP contribution in [-0.2, 0) is 20.9 Å². The molecule has 0 aliphatic heterocycles. The third-order valence-electron chi connectivity index (χ3n) is 2.26. The zero-order chi connectivity index (χ0) is 15.2. The molecule has 0 heterocycles. The Balaban J connectivity index is 2.48. The zero-order valence-electron chi connectivity index (χ0n) is 10.2. The first-order valence-electron chi connectivity index (χ1n) is 5.53. The number of rotatable bonds is 6. The molecule has 0 bridgehead atoms. The van der Waals surface area contributed by atoms with Crippen molar-refractivity contribution in [2.75, 3.05) is 6.61 Å². The van der Waals surface area contributed by atoms with Gasteiger partial charge in [0, 0.05) is 0 Å². The van der Waals surface area contributed by atoms with Gasteiger partial charge in [0.25, 0.3) is 9.70 Å².